The van der Waals surface area contributed by atoms with Crippen molar-refractivity contribution in [2.75, 3.05) is 46.3 Å². The monoisotopic (exact) mass is 422 g/mol. The van der Waals surface area contributed by atoms with Gasteiger partial charge in [-0.25, -0.2) is 0 Å². The van der Waals surface area contributed by atoms with Gasteiger partial charge in [0.15, 0.2) is 0 Å². The molecule has 0 radical (unpaired) electrons. The maximum atomic E-state index is 12.9. The first-order chi connectivity index (χ1) is 15.1. The molecule has 0 unspecified atom stereocenters. The van der Waals surface area contributed by atoms with Crippen LogP contribution in [0.4, 0.5) is 0 Å². The van der Waals surface area contributed by atoms with Crippen molar-refractivity contribution < 1.29 is 14.3 Å². The molecule has 2 aromatic rings. The maximum absolute atomic E-state index is 12.9. The quantitative estimate of drug-likeness (QED) is 0.740. The first-order valence-electron chi connectivity index (χ1n) is 11.0. The van der Waals surface area contributed by atoms with Crippen LogP contribution >= 0.6 is 0 Å². The van der Waals surface area contributed by atoms with Crippen LogP contribution in [0.2, 0.25) is 0 Å². The number of carbonyl (C=O) groups is 2. The van der Waals surface area contributed by atoms with Crippen LogP contribution in [0.1, 0.15) is 28.8 Å². The molecule has 2 fully saturated rings. The zero-order chi connectivity index (χ0) is 21.6. The number of carbonyl (C=O) groups excluding carboxylic acids is 2. The number of hydrogen-bond acceptors (Lipinski definition) is 5. The lowest BCUT2D eigenvalue weighted by Gasteiger charge is -2.37. The van der Waals surface area contributed by atoms with Gasteiger partial charge < -0.3 is 19.4 Å². The van der Waals surface area contributed by atoms with E-state index in [1.165, 1.54) is 0 Å². The summed E-state index contributed by atoms with van der Waals surface area (Å²) in [7, 11) is 2.09. The second kappa shape index (κ2) is 9.92. The smallest absolute Gasteiger partial charge is 0.253 e. The lowest BCUT2D eigenvalue weighted by Crippen LogP contribution is -2.51. The van der Waals surface area contributed by atoms with Gasteiger partial charge in [0.05, 0.1) is 0 Å². The summed E-state index contributed by atoms with van der Waals surface area (Å²) in [5.74, 6) is 1.03. The van der Waals surface area contributed by atoms with Crippen molar-refractivity contribution >= 4 is 11.8 Å². The minimum absolute atomic E-state index is 0.0179. The van der Waals surface area contributed by atoms with Crippen LogP contribution < -0.4 is 4.74 Å². The highest BCUT2D eigenvalue weighted by molar-refractivity contribution is 5.94. The summed E-state index contributed by atoms with van der Waals surface area (Å²) in [6.07, 6.45) is 4.98. The molecule has 2 aliphatic rings. The van der Waals surface area contributed by atoms with E-state index >= 15 is 0 Å². The Bertz CT molecular complexity index is 871. The van der Waals surface area contributed by atoms with E-state index in [0.29, 0.717) is 25.3 Å². The first kappa shape index (κ1) is 21.3. The number of hydrogen-bond donors (Lipinski definition) is 0. The summed E-state index contributed by atoms with van der Waals surface area (Å²) in [5, 5.41) is 0. The molecule has 7 heteroatoms. The van der Waals surface area contributed by atoms with Crippen LogP contribution in [0.25, 0.3) is 0 Å². The zero-order valence-electron chi connectivity index (χ0n) is 18.1. The highest BCUT2D eigenvalue weighted by atomic mass is 16.5. The highest BCUT2D eigenvalue weighted by Crippen LogP contribution is 2.23. The van der Waals surface area contributed by atoms with Crippen molar-refractivity contribution in [3.05, 3.63) is 59.9 Å². The topological polar surface area (TPSA) is 66.0 Å². The number of ether oxygens (including phenoxy) is 1. The van der Waals surface area contributed by atoms with Gasteiger partial charge >= 0.3 is 0 Å². The third kappa shape index (κ3) is 5.41. The van der Waals surface area contributed by atoms with Crippen molar-refractivity contribution in [3.8, 4) is 5.75 Å². The SMILES string of the molecule is CN1CCN(C(=O)C2CCN(C(=O)c3ccc(OCc4cccnc4)cc3)CC2)CC1. The summed E-state index contributed by atoms with van der Waals surface area (Å²) in [6, 6.07) is 11.1. The van der Waals surface area contributed by atoms with Crippen molar-refractivity contribution in [1.29, 1.82) is 0 Å². The fourth-order valence-corrected chi connectivity index (χ4v) is 4.14. The van der Waals surface area contributed by atoms with Crippen molar-refractivity contribution in [1.82, 2.24) is 19.7 Å². The molecular weight excluding hydrogens is 392 g/mol. The van der Waals surface area contributed by atoms with Gasteiger partial charge in [0, 0.05) is 68.7 Å². The van der Waals surface area contributed by atoms with Crippen LogP contribution in [-0.4, -0.2) is 77.8 Å². The summed E-state index contributed by atoms with van der Waals surface area (Å²) in [4.78, 5) is 35.9. The molecule has 2 saturated heterocycles. The third-order valence-electron chi connectivity index (χ3n) is 6.18. The number of piperidine rings is 1. The second-order valence-corrected chi connectivity index (χ2v) is 8.37. The minimum Gasteiger partial charge on any atom is -0.489 e. The summed E-state index contributed by atoms with van der Waals surface area (Å²) >= 11 is 0. The number of amides is 2. The number of pyridine rings is 1. The Morgan fingerprint density at radius 3 is 2.32 bits per heavy atom. The Labute approximate surface area is 183 Å². The van der Waals surface area contributed by atoms with Crippen LogP contribution in [0.15, 0.2) is 48.8 Å². The van der Waals surface area contributed by atoms with E-state index in [9.17, 15) is 9.59 Å². The van der Waals surface area contributed by atoms with Gasteiger partial charge in [0.1, 0.15) is 12.4 Å². The van der Waals surface area contributed by atoms with Gasteiger partial charge in [0.25, 0.3) is 5.91 Å². The number of nitrogens with zero attached hydrogens (tertiary/aromatic N) is 4. The van der Waals surface area contributed by atoms with E-state index in [1.807, 2.05) is 46.2 Å². The Morgan fingerprint density at radius 1 is 0.968 bits per heavy atom. The molecule has 2 amide bonds. The number of benzene rings is 1. The van der Waals surface area contributed by atoms with E-state index in [4.69, 9.17) is 4.74 Å². The number of likely N-dealkylation sites (tertiary alicyclic amines) is 1. The van der Waals surface area contributed by atoms with E-state index in [0.717, 1.165) is 50.3 Å². The van der Waals surface area contributed by atoms with E-state index in [-0.39, 0.29) is 17.7 Å². The summed E-state index contributed by atoms with van der Waals surface area (Å²) in [6.45, 7) is 5.18. The molecule has 1 aromatic heterocycles. The van der Waals surface area contributed by atoms with Crippen molar-refractivity contribution in [2.45, 2.75) is 19.4 Å². The molecular formula is C24H30N4O3. The molecule has 0 spiro atoms. The molecule has 7 nitrogen and oxygen atoms in total. The van der Waals surface area contributed by atoms with Gasteiger partial charge in [0.2, 0.25) is 5.91 Å². The van der Waals surface area contributed by atoms with Crippen molar-refractivity contribution in [3.63, 3.8) is 0 Å². The van der Waals surface area contributed by atoms with E-state index in [2.05, 4.69) is 16.9 Å². The van der Waals surface area contributed by atoms with E-state index < -0.39 is 0 Å². The first-order valence-corrected chi connectivity index (χ1v) is 11.0. The average Bonchev–Trinajstić information content (AvgIpc) is 2.83. The number of aromatic nitrogens is 1. The van der Waals surface area contributed by atoms with Crippen LogP contribution in [-0.2, 0) is 11.4 Å². The van der Waals surface area contributed by atoms with E-state index in [1.54, 1.807) is 12.4 Å². The fourth-order valence-electron chi connectivity index (χ4n) is 4.14. The normalized spacial score (nSPS) is 18.1. The largest absolute Gasteiger partial charge is 0.489 e. The summed E-state index contributed by atoms with van der Waals surface area (Å²) < 4.78 is 5.77. The molecule has 0 N–H and O–H groups in total. The minimum atomic E-state index is 0.0179. The Balaban J connectivity index is 1.26. The van der Waals surface area contributed by atoms with Crippen molar-refractivity contribution in [2.24, 2.45) is 5.92 Å². The van der Waals surface area contributed by atoms with Gasteiger partial charge in [-0.3, -0.25) is 14.6 Å². The fraction of sp³-hybridized carbons (Fsp3) is 0.458. The molecule has 0 bridgehead atoms. The zero-order valence-corrected chi connectivity index (χ0v) is 18.1. The molecule has 31 heavy (non-hydrogen) atoms. The lowest BCUT2D eigenvalue weighted by molar-refractivity contribution is -0.138. The Hall–Kier alpha value is -2.93. The van der Waals surface area contributed by atoms with Gasteiger partial charge in [-0.05, 0) is 50.2 Å². The molecule has 0 saturated carbocycles. The maximum Gasteiger partial charge on any atom is 0.253 e. The Kier molecular flexibility index (Phi) is 6.82. The van der Waals surface area contributed by atoms with Crippen LogP contribution in [0, 0.1) is 5.92 Å². The van der Waals surface area contributed by atoms with Gasteiger partial charge in [-0.15, -0.1) is 0 Å². The van der Waals surface area contributed by atoms with Gasteiger partial charge in [-0.2, -0.15) is 0 Å². The lowest BCUT2D eigenvalue weighted by atomic mass is 9.94. The molecule has 164 valence electrons. The number of rotatable bonds is 5. The standard InChI is InChI=1S/C24H30N4O3/c1-26-13-15-28(16-14-26)24(30)21-8-11-27(12-9-21)23(29)20-4-6-22(7-5-20)31-18-19-3-2-10-25-17-19/h2-7,10,17,21H,8-9,11-16,18H2,1H3. The predicted octanol–water partition coefficient (Wildman–Crippen LogP) is 2.29. The number of piperazine rings is 1. The highest BCUT2D eigenvalue weighted by Gasteiger charge is 2.31. The third-order valence-corrected chi connectivity index (χ3v) is 6.18. The molecule has 0 aliphatic carbocycles. The molecule has 1 aromatic carbocycles. The van der Waals surface area contributed by atoms with Gasteiger partial charge in [-0.1, -0.05) is 6.07 Å². The summed E-state index contributed by atoms with van der Waals surface area (Å²) in [5.41, 5.74) is 1.65. The predicted molar refractivity (Wildman–Crippen MR) is 118 cm³/mol. The second-order valence-electron chi connectivity index (χ2n) is 8.37. The molecule has 3 heterocycles. The van der Waals surface area contributed by atoms with Crippen LogP contribution in [0.3, 0.4) is 0 Å². The number of likely N-dealkylation sites (N-methyl/N-ethyl adjacent to an activating group) is 1. The molecule has 4 rings (SSSR count). The molecule has 2 aliphatic heterocycles. The molecule has 0 atom stereocenters. The Morgan fingerprint density at radius 2 is 1.68 bits per heavy atom. The van der Waals surface area contributed by atoms with Crippen LogP contribution in [0.5, 0.6) is 5.75 Å². The average molecular weight is 423 g/mol.